The average molecular weight is 265 g/mol. The van der Waals surface area contributed by atoms with Crippen molar-refractivity contribution in [3.05, 3.63) is 24.2 Å². The standard InChI is InChI=1S/C16H27NO2/c1-5-8-17-15(10-14-7-6-9-18-14)16-11(2)12(3)19-13(16)4/h6-7,9,11-13,15-17H,5,8,10H2,1-4H3. The summed E-state index contributed by atoms with van der Waals surface area (Å²) >= 11 is 0. The van der Waals surface area contributed by atoms with Crippen LogP contribution >= 0.6 is 0 Å². The molecule has 19 heavy (non-hydrogen) atoms. The van der Waals surface area contributed by atoms with Gasteiger partial charge in [-0.1, -0.05) is 13.8 Å². The summed E-state index contributed by atoms with van der Waals surface area (Å²) < 4.78 is 11.5. The fourth-order valence-corrected chi connectivity index (χ4v) is 3.31. The molecule has 1 fully saturated rings. The van der Waals surface area contributed by atoms with Crippen LogP contribution in [0.4, 0.5) is 0 Å². The number of hydrogen-bond acceptors (Lipinski definition) is 3. The van der Waals surface area contributed by atoms with Crippen LogP contribution in [0.3, 0.4) is 0 Å². The maximum Gasteiger partial charge on any atom is 0.105 e. The molecule has 108 valence electrons. The molecule has 5 unspecified atom stereocenters. The lowest BCUT2D eigenvalue weighted by atomic mass is 9.81. The molecule has 1 N–H and O–H groups in total. The second kappa shape index (κ2) is 6.58. The van der Waals surface area contributed by atoms with Crippen LogP contribution in [0.25, 0.3) is 0 Å². The quantitative estimate of drug-likeness (QED) is 0.857. The molecule has 1 aromatic heterocycles. The van der Waals surface area contributed by atoms with Crippen LogP contribution in [0.5, 0.6) is 0 Å². The lowest BCUT2D eigenvalue weighted by molar-refractivity contribution is 0.0474. The zero-order valence-electron chi connectivity index (χ0n) is 12.6. The van der Waals surface area contributed by atoms with Gasteiger partial charge in [-0.05, 0) is 44.9 Å². The van der Waals surface area contributed by atoms with E-state index in [9.17, 15) is 0 Å². The summed E-state index contributed by atoms with van der Waals surface area (Å²) in [6.45, 7) is 9.95. The van der Waals surface area contributed by atoms with E-state index in [1.54, 1.807) is 6.26 Å². The van der Waals surface area contributed by atoms with Crippen LogP contribution in [-0.2, 0) is 11.2 Å². The molecule has 1 aromatic rings. The average Bonchev–Trinajstić information content (AvgIpc) is 2.95. The van der Waals surface area contributed by atoms with E-state index in [1.165, 1.54) is 0 Å². The van der Waals surface area contributed by atoms with Crippen LogP contribution in [0.2, 0.25) is 0 Å². The van der Waals surface area contributed by atoms with Gasteiger partial charge in [0.25, 0.3) is 0 Å². The molecule has 0 aliphatic carbocycles. The molecule has 0 radical (unpaired) electrons. The summed E-state index contributed by atoms with van der Waals surface area (Å²) in [7, 11) is 0. The smallest absolute Gasteiger partial charge is 0.105 e. The summed E-state index contributed by atoms with van der Waals surface area (Å²) in [6, 6.07) is 4.46. The molecule has 1 aliphatic rings. The molecular formula is C16H27NO2. The normalized spacial score (nSPS) is 32.6. The Morgan fingerprint density at radius 2 is 2.05 bits per heavy atom. The Labute approximate surface area is 116 Å². The minimum atomic E-state index is 0.314. The molecule has 1 saturated heterocycles. The van der Waals surface area contributed by atoms with Crippen molar-refractivity contribution in [2.45, 2.75) is 58.8 Å². The molecule has 2 heterocycles. The molecule has 2 rings (SSSR count). The molecule has 0 bridgehead atoms. The fraction of sp³-hybridized carbons (Fsp3) is 0.750. The first-order chi connectivity index (χ1) is 9.13. The van der Waals surface area contributed by atoms with Gasteiger partial charge in [0.1, 0.15) is 5.76 Å². The third-order valence-electron chi connectivity index (χ3n) is 4.44. The van der Waals surface area contributed by atoms with E-state index >= 15 is 0 Å². The van der Waals surface area contributed by atoms with E-state index < -0.39 is 0 Å². The van der Waals surface area contributed by atoms with Gasteiger partial charge in [-0.2, -0.15) is 0 Å². The Hall–Kier alpha value is -0.800. The van der Waals surface area contributed by atoms with Crippen LogP contribution in [0.15, 0.2) is 22.8 Å². The van der Waals surface area contributed by atoms with Gasteiger partial charge in [0.15, 0.2) is 0 Å². The van der Waals surface area contributed by atoms with Crippen molar-refractivity contribution in [2.75, 3.05) is 6.54 Å². The minimum Gasteiger partial charge on any atom is -0.469 e. The molecule has 5 atom stereocenters. The molecule has 0 spiro atoms. The summed E-state index contributed by atoms with van der Waals surface area (Å²) in [4.78, 5) is 0. The first-order valence-electron chi connectivity index (χ1n) is 7.54. The van der Waals surface area contributed by atoms with Crippen molar-refractivity contribution in [3.8, 4) is 0 Å². The highest BCUT2D eigenvalue weighted by molar-refractivity contribution is 5.03. The van der Waals surface area contributed by atoms with Gasteiger partial charge in [-0.3, -0.25) is 0 Å². The first kappa shape index (κ1) is 14.6. The van der Waals surface area contributed by atoms with Gasteiger partial charge < -0.3 is 14.5 Å². The van der Waals surface area contributed by atoms with E-state index in [2.05, 4.69) is 39.1 Å². The Balaban J connectivity index is 2.07. The maximum absolute atomic E-state index is 6.00. The third kappa shape index (κ3) is 3.40. The molecule has 0 amide bonds. The van der Waals surface area contributed by atoms with Crippen molar-refractivity contribution in [1.29, 1.82) is 0 Å². The number of furan rings is 1. The van der Waals surface area contributed by atoms with Gasteiger partial charge >= 0.3 is 0 Å². The van der Waals surface area contributed by atoms with Crippen LogP contribution in [0, 0.1) is 11.8 Å². The highest BCUT2D eigenvalue weighted by Crippen LogP contribution is 2.35. The van der Waals surface area contributed by atoms with Gasteiger partial charge in [0.2, 0.25) is 0 Å². The second-order valence-corrected chi connectivity index (χ2v) is 5.83. The Morgan fingerprint density at radius 1 is 1.26 bits per heavy atom. The zero-order chi connectivity index (χ0) is 13.8. The van der Waals surface area contributed by atoms with Crippen molar-refractivity contribution < 1.29 is 9.15 Å². The van der Waals surface area contributed by atoms with Crippen LogP contribution in [-0.4, -0.2) is 24.8 Å². The lowest BCUT2D eigenvalue weighted by Crippen LogP contribution is -2.43. The second-order valence-electron chi connectivity index (χ2n) is 5.83. The van der Waals surface area contributed by atoms with Crippen molar-refractivity contribution in [1.82, 2.24) is 5.32 Å². The van der Waals surface area contributed by atoms with E-state index in [0.29, 0.717) is 30.1 Å². The molecule has 1 aliphatic heterocycles. The highest BCUT2D eigenvalue weighted by Gasteiger charge is 2.41. The Kier molecular flexibility index (Phi) is 5.06. The lowest BCUT2D eigenvalue weighted by Gasteiger charge is -2.29. The maximum atomic E-state index is 6.00. The SMILES string of the molecule is CCCNC(Cc1ccco1)C1C(C)OC(C)C1C. The van der Waals surface area contributed by atoms with Crippen LogP contribution in [0.1, 0.15) is 39.9 Å². The summed E-state index contributed by atoms with van der Waals surface area (Å²) in [5.74, 6) is 2.19. The predicted octanol–water partition coefficient (Wildman–Crippen LogP) is 3.25. The topological polar surface area (TPSA) is 34.4 Å². The largest absolute Gasteiger partial charge is 0.469 e. The number of hydrogen-bond donors (Lipinski definition) is 1. The number of nitrogens with one attached hydrogen (secondary N) is 1. The van der Waals surface area contributed by atoms with Crippen LogP contribution < -0.4 is 5.32 Å². The Bertz CT molecular complexity index is 363. The fourth-order valence-electron chi connectivity index (χ4n) is 3.31. The summed E-state index contributed by atoms with van der Waals surface area (Å²) in [6.07, 6.45) is 4.52. The molecule has 3 heteroatoms. The third-order valence-corrected chi connectivity index (χ3v) is 4.44. The summed E-state index contributed by atoms with van der Waals surface area (Å²) in [5, 5.41) is 3.69. The molecule has 0 saturated carbocycles. The van der Waals surface area contributed by atoms with Gasteiger partial charge in [0.05, 0.1) is 18.5 Å². The minimum absolute atomic E-state index is 0.314. The van der Waals surface area contributed by atoms with Crippen molar-refractivity contribution in [3.63, 3.8) is 0 Å². The summed E-state index contributed by atoms with van der Waals surface area (Å²) in [5.41, 5.74) is 0. The molecule has 3 nitrogen and oxygen atoms in total. The van der Waals surface area contributed by atoms with Crippen molar-refractivity contribution in [2.24, 2.45) is 11.8 Å². The van der Waals surface area contributed by atoms with E-state index in [4.69, 9.17) is 9.15 Å². The zero-order valence-corrected chi connectivity index (χ0v) is 12.6. The van der Waals surface area contributed by atoms with Gasteiger partial charge in [0, 0.05) is 18.4 Å². The van der Waals surface area contributed by atoms with Crippen molar-refractivity contribution >= 4 is 0 Å². The van der Waals surface area contributed by atoms with E-state index in [-0.39, 0.29) is 0 Å². The number of ether oxygens (including phenoxy) is 1. The van der Waals surface area contributed by atoms with E-state index in [0.717, 1.165) is 25.1 Å². The molecule has 0 aromatic carbocycles. The van der Waals surface area contributed by atoms with Gasteiger partial charge in [-0.15, -0.1) is 0 Å². The van der Waals surface area contributed by atoms with E-state index in [1.807, 2.05) is 6.07 Å². The number of rotatable bonds is 6. The highest BCUT2D eigenvalue weighted by atomic mass is 16.5. The first-order valence-corrected chi connectivity index (χ1v) is 7.54. The molecular weight excluding hydrogens is 238 g/mol. The monoisotopic (exact) mass is 265 g/mol. The Morgan fingerprint density at radius 3 is 2.58 bits per heavy atom. The predicted molar refractivity (Wildman–Crippen MR) is 77.2 cm³/mol. The van der Waals surface area contributed by atoms with Gasteiger partial charge in [-0.25, -0.2) is 0 Å².